The lowest BCUT2D eigenvalue weighted by molar-refractivity contribution is -0.188. The van der Waals surface area contributed by atoms with Gasteiger partial charge >= 0.3 is 0 Å². The lowest BCUT2D eigenvalue weighted by atomic mass is 9.44. The number of fused-ring (bicyclic) bond motifs is 6. The molecule has 0 aromatic carbocycles. The molecule has 4 aliphatic carbocycles. The third-order valence-corrected chi connectivity index (χ3v) is 12.6. The molecule has 6 aliphatic rings. The molecule has 0 radical (unpaired) electrons. The van der Waals surface area contributed by atoms with E-state index in [4.69, 9.17) is 4.74 Å². The molecular formula is C28H45N3O2S. The van der Waals surface area contributed by atoms with Gasteiger partial charge in [-0.15, -0.1) is 0 Å². The van der Waals surface area contributed by atoms with E-state index in [1.807, 2.05) is 0 Å². The summed E-state index contributed by atoms with van der Waals surface area (Å²) in [4.78, 5) is 19.9. The van der Waals surface area contributed by atoms with Crippen LogP contribution in [0.2, 0.25) is 0 Å². The summed E-state index contributed by atoms with van der Waals surface area (Å²) in [7, 11) is 0. The predicted molar refractivity (Wildman–Crippen MR) is 139 cm³/mol. The van der Waals surface area contributed by atoms with Gasteiger partial charge in [0.05, 0.1) is 24.4 Å². The third kappa shape index (κ3) is 3.36. The number of rotatable bonds is 2. The molecule has 2 heterocycles. The minimum Gasteiger partial charge on any atom is -0.363 e. The number of carbonyl (C=O) groups excluding carboxylic acids is 1. The standard InChI is InChI=1S/C28H45N3O2S/c1-25(2)31(23(32)17-34-24-29-15-16-30-24)18-28(33-25)14-11-22-20-9-8-19-7-5-6-12-26(19,3)21(20)10-13-27(22,28)4/h19-22H,5-18H2,1-4H3,(H,29,30)/t19-,20+,21+,22-,26+,27+,28-/m1/s1. The van der Waals surface area contributed by atoms with Crippen LogP contribution in [0.3, 0.4) is 0 Å². The van der Waals surface area contributed by atoms with Crippen molar-refractivity contribution in [1.82, 2.24) is 10.2 Å². The molecule has 0 unspecified atom stereocenters. The Morgan fingerprint density at radius 2 is 1.88 bits per heavy atom. The first-order valence-electron chi connectivity index (χ1n) is 14.1. The van der Waals surface area contributed by atoms with Crippen molar-refractivity contribution in [1.29, 1.82) is 0 Å². The van der Waals surface area contributed by atoms with E-state index >= 15 is 0 Å². The Morgan fingerprint density at radius 1 is 1.06 bits per heavy atom. The summed E-state index contributed by atoms with van der Waals surface area (Å²) >= 11 is 1.55. The minimum absolute atomic E-state index is 0.181. The zero-order valence-corrected chi connectivity index (χ0v) is 22.6. The first-order valence-corrected chi connectivity index (χ1v) is 15.1. The lowest BCUT2D eigenvalue weighted by Gasteiger charge is -2.61. The quantitative estimate of drug-likeness (QED) is 0.563. The van der Waals surface area contributed by atoms with Crippen LogP contribution in [0.4, 0.5) is 0 Å². The number of hydrogen-bond acceptors (Lipinski definition) is 5. The van der Waals surface area contributed by atoms with Crippen LogP contribution >= 0.6 is 11.8 Å². The van der Waals surface area contributed by atoms with Crippen LogP contribution in [0.15, 0.2) is 4.99 Å². The van der Waals surface area contributed by atoms with Crippen LogP contribution in [-0.2, 0) is 9.53 Å². The fourth-order valence-corrected chi connectivity index (χ4v) is 10.7. The van der Waals surface area contributed by atoms with E-state index < -0.39 is 5.72 Å². The lowest BCUT2D eigenvalue weighted by Crippen LogP contribution is -2.57. The van der Waals surface area contributed by atoms with Gasteiger partial charge in [-0.2, -0.15) is 0 Å². The third-order valence-electron chi connectivity index (χ3n) is 11.7. The highest BCUT2D eigenvalue weighted by atomic mass is 32.2. The second-order valence-electron chi connectivity index (χ2n) is 13.3. The Hall–Kier alpha value is -0.750. The van der Waals surface area contributed by atoms with E-state index in [1.54, 1.807) is 11.8 Å². The highest BCUT2D eigenvalue weighted by Crippen LogP contribution is 2.70. The number of hydrogen-bond donors (Lipinski definition) is 1. The molecule has 6 rings (SSSR count). The molecular weight excluding hydrogens is 442 g/mol. The van der Waals surface area contributed by atoms with Crippen LogP contribution in [0, 0.1) is 34.5 Å². The van der Waals surface area contributed by atoms with Gasteiger partial charge in [0.2, 0.25) is 5.91 Å². The summed E-state index contributed by atoms with van der Waals surface area (Å²) in [6.07, 6.45) is 13.7. The molecule has 2 aliphatic heterocycles. The van der Waals surface area contributed by atoms with Crippen molar-refractivity contribution in [2.75, 3.05) is 25.4 Å². The van der Waals surface area contributed by atoms with Crippen LogP contribution in [0.25, 0.3) is 0 Å². The Balaban J connectivity index is 1.21. The first-order chi connectivity index (χ1) is 16.2. The molecule has 6 heteroatoms. The fraction of sp³-hybridized carbons (Fsp3) is 0.929. The van der Waals surface area contributed by atoms with Gasteiger partial charge in [-0.3, -0.25) is 9.79 Å². The second-order valence-corrected chi connectivity index (χ2v) is 14.3. The van der Waals surface area contributed by atoms with Crippen LogP contribution in [-0.4, -0.2) is 52.7 Å². The molecule has 1 N–H and O–H groups in total. The summed E-state index contributed by atoms with van der Waals surface area (Å²) < 4.78 is 7.04. The number of aliphatic imine (C=N–C) groups is 1. The van der Waals surface area contributed by atoms with Gasteiger partial charge in [0, 0.05) is 12.0 Å². The Kier molecular flexibility index (Phi) is 5.65. The number of thioether (sulfide) groups is 1. The maximum atomic E-state index is 13.4. The van der Waals surface area contributed by atoms with Crippen molar-refractivity contribution in [3.63, 3.8) is 0 Å². The van der Waals surface area contributed by atoms with Crippen LogP contribution in [0.5, 0.6) is 0 Å². The van der Waals surface area contributed by atoms with Crippen molar-refractivity contribution < 1.29 is 9.53 Å². The van der Waals surface area contributed by atoms with E-state index in [0.29, 0.717) is 11.2 Å². The van der Waals surface area contributed by atoms with Crippen molar-refractivity contribution in [3.8, 4) is 0 Å². The van der Waals surface area contributed by atoms with Gasteiger partial charge < -0.3 is 15.0 Å². The van der Waals surface area contributed by atoms with E-state index in [1.165, 1.54) is 57.8 Å². The summed E-state index contributed by atoms with van der Waals surface area (Å²) in [6, 6.07) is 0. The van der Waals surface area contributed by atoms with Crippen molar-refractivity contribution in [2.24, 2.45) is 39.5 Å². The van der Waals surface area contributed by atoms with E-state index in [0.717, 1.165) is 54.9 Å². The smallest absolute Gasteiger partial charge is 0.235 e. The van der Waals surface area contributed by atoms with Crippen molar-refractivity contribution >= 4 is 22.8 Å². The monoisotopic (exact) mass is 487 g/mol. The van der Waals surface area contributed by atoms with Crippen molar-refractivity contribution in [3.05, 3.63) is 0 Å². The predicted octanol–water partition coefficient (Wildman–Crippen LogP) is 5.45. The molecule has 7 atom stereocenters. The first kappa shape index (κ1) is 23.6. The summed E-state index contributed by atoms with van der Waals surface area (Å²) in [6.45, 7) is 11.9. The molecule has 34 heavy (non-hydrogen) atoms. The zero-order valence-electron chi connectivity index (χ0n) is 21.8. The van der Waals surface area contributed by atoms with Gasteiger partial charge in [0.1, 0.15) is 5.72 Å². The van der Waals surface area contributed by atoms with Gasteiger partial charge in [-0.1, -0.05) is 38.5 Å². The highest BCUT2D eigenvalue weighted by molar-refractivity contribution is 8.14. The number of amidine groups is 1. The molecule has 0 aromatic heterocycles. The van der Waals surface area contributed by atoms with Crippen LogP contribution < -0.4 is 5.32 Å². The largest absolute Gasteiger partial charge is 0.363 e. The average molecular weight is 488 g/mol. The maximum absolute atomic E-state index is 13.4. The molecule has 0 bridgehead atoms. The van der Waals surface area contributed by atoms with Crippen molar-refractivity contribution in [2.45, 2.75) is 103 Å². The second kappa shape index (κ2) is 8.13. The number of nitrogens with one attached hydrogen (secondary N) is 1. The summed E-state index contributed by atoms with van der Waals surface area (Å²) in [5.41, 5.74) is 0.0388. The number of nitrogens with zero attached hydrogens (tertiary/aromatic N) is 2. The fourth-order valence-electron chi connectivity index (χ4n) is 9.90. The molecule has 5 fully saturated rings. The number of carbonyl (C=O) groups is 1. The number of ether oxygens (including phenoxy) is 1. The van der Waals surface area contributed by atoms with E-state index in [-0.39, 0.29) is 16.9 Å². The highest BCUT2D eigenvalue weighted by Gasteiger charge is 2.69. The maximum Gasteiger partial charge on any atom is 0.235 e. The SMILES string of the molecule is CC1(C)O[C@]2(CC[C@@H]3[C@H]4CC[C@H]5CCCC[C@]5(C)[C@H]4CC[C@@]32C)CN1C(=O)CSC1=NCCN1. The van der Waals surface area contributed by atoms with Gasteiger partial charge in [-0.05, 0) is 94.3 Å². The van der Waals surface area contributed by atoms with E-state index in [2.05, 4.69) is 42.9 Å². The topological polar surface area (TPSA) is 53.9 Å². The summed E-state index contributed by atoms with van der Waals surface area (Å²) in [5.74, 6) is 4.12. The molecule has 4 saturated carbocycles. The Labute approximate surface area is 210 Å². The molecule has 190 valence electrons. The van der Waals surface area contributed by atoms with Gasteiger partial charge in [0.15, 0.2) is 5.17 Å². The molecule has 1 spiro atoms. The average Bonchev–Trinajstić information content (AvgIpc) is 3.49. The summed E-state index contributed by atoms with van der Waals surface area (Å²) in [5, 5.41) is 4.19. The minimum atomic E-state index is -0.537. The van der Waals surface area contributed by atoms with E-state index in [9.17, 15) is 4.79 Å². The molecule has 5 nitrogen and oxygen atoms in total. The number of amides is 1. The molecule has 1 saturated heterocycles. The van der Waals surface area contributed by atoms with Gasteiger partial charge in [-0.25, -0.2) is 0 Å². The Morgan fingerprint density at radius 3 is 2.68 bits per heavy atom. The van der Waals surface area contributed by atoms with Gasteiger partial charge in [0.25, 0.3) is 0 Å². The molecule has 0 aromatic rings. The normalized spacial score (nSPS) is 47.1. The molecule has 1 amide bonds. The zero-order chi connectivity index (χ0) is 23.8. The Bertz CT molecular complexity index is 876. The van der Waals surface area contributed by atoms with Crippen LogP contribution in [0.1, 0.15) is 91.9 Å².